The third-order valence-corrected chi connectivity index (χ3v) is 4.61. The first kappa shape index (κ1) is 20.3. The van der Waals surface area contributed by atoms with Gasteiger partial charge in [0.2, 0.25) is 11.8 Å². The van der Waals surface area contributed by atoms with E-state index in [-0.39, 0.29) is 18.1 Å². The Morgan fingerprint density at radius 3 is 2.27 bits per heavy atom. The first-order valence-electron chi connectivity index (χ1n) is 7.42. The second kappa shape index (κ2) is 9.63. The largest absolute Gasteiger partial charge is 0.325 e. The van der Waals surface area contributed by atoms with Gasteiger partial charge in [0.25, 0.3) is 0 Å². The van der Waals surface area contributed by atoms with E-state index in [0.29, 0.717) is 23.6 Å². The van der Waals surface area contributed by atoms with Gasteiger partial charge in [-0.2, -0.15) is 11.8 Å². The van der Waals surface area contributed by atoms with Crippen molar-refractivity contribution in [3.05, 3.63) is 58.3 Å². The van der Waals surface area contributed by atoms with Gasteiger partial charge in [-0.05, 0) is 24.3 Å². The van der Waals surface area contributed by atoms with Crippen LogP contribution in [0.2, 0.25) is 0 Å². The van der Waals surface area contributed by atoms with Crippen LogP contribution in [-0.4, -0.2) is 23.3 Å². The molecule has 0 aliphatic carbocycles. The van der Waals surface area contributed by atoms with Crippen molar-refractivity contribution in [3.8, 4) is 0 Å². The molecule has 0 aliphatic heterocycles. The highest BCUT2D eigenvalue weighted by atomic mass is 79.9. The summed E-state index contributed by atoms with van der Waals surface area (Å²) in [7, 11) is 0. The summed E-state index contributed by atoms with van der Waals surface area (Å²) < 4.78 is 40.2. The van der Waals surface area contributed by atoms with E-state index in [1.54, 1.807) is 24.3 Å². The van der Waals surface area contributed by atoms with Crippen LogP contribution in [0.4, 0.5) is 24.5 Å². The lowest BCUT2D eigenvalue weighted by Crippen LogP contribution is -2.16. The second-order valence-corrected chi connectivity index (χ2v) is 7.17. The van der Waals surface area contributed by atoms with E-state index in [2.05, 4.69) is 26.6 Å². The molecule has 0 bridgehead atoms. The molecule has 4 nitrogen and oxygen atoms in total. The number of anilines is 2. The molecular formula is C17H14BrF3N2O2S. The summed E-state index contributed by atoms with van der Waals surface area (Å²) in [6, 6.07) is 8.04. The monoisotopic (exact) mass is 446 g/mol. The minimum atomic E-state index is -1.33. The van der Waals surface area contributed by atoms with Crippen molar-refractivity contribution in [3.63, 3.8) is 0 Å². The topological polar surface area (TPSA) is 58.2 Å². The highest BCUT2D eigenvalue weighted by molar-refractivity contribution is 9.10. The van der Waals surface area contributed by atoms with Crippen LogP contribution in [0.5, 0.6) is 0 Å². The quantitative estimate of drug-likeness (QED) is 0.483. The Kier molecular flexibility index (Phi) is 7.52. The lowest BCUT2D eigenvalue weighted by Gasteiger charge is -2.07. The summed E-state index contributed by atoms with van der Waals surface area (Å²) in [6.45, 7) is 0. The van der Waals surface area contributed by atoms with Gasteiger partial charge in [0.15, 0.2) is 11.6 Å². The van der Waals surface area contributed by atoms with Crippen LogP contribution in [0.25, 0.3) is 0 Å². The van der Waals surface area contributed by atoms with Crippen molar-refractivity contribution in [2.24, 2.45) is 0 Å². The molecule has 0 saturated carbocycles. The molecule has 2 amide bonds. The fourth-order valence-electron chi connectivity index (χ4n) is 1.89. The number of carbonyl (C=O) groups is 2. The Balaban J connectivity index is 1.70. The molecule has 0 aliphatic rings. The first-order valence-corrected chi connectivity index (χ1v) is 9.37. The van der Waals surface area contributed by atoms with Gasteiger partial charge in [-0.1, -0.05) is 15.9 Å². The fourth-order valence-corrected chi connectivity index (χ4v) is 2.89. The molecule has 0 heterocycles. The maximum Gasteiger partial charge on any atom is 0.234 e. The van der Waals surface area contributed by atoms with Crippen molar-refractivity contribution >= 4 is 50.9 Å². The Hall–Kier alpha value is -2.00. The minimum Gasteiger partial charge on any atom is -0.325 e. The molecule has 2 N–H and O–H groups in total. The number of rotatable bonds is 7. The number of halogens is 4. The van der Waals surface area contributed by atoms with Crippen LogP contribution in [0.3, 0.4) is 0 Å². The number of amides is 2. The smallest absolute Gasteiger partial charge is 0.234 e. The average Bonchev–Trinajstić information content (AvgIpc) is 2.59. The van der Waals surface area contributed by atoms with E-state index < -0.39 is 29.0 Å². The summed E-state index contributed by atoms with van der Waals surface area (Å²) in [5, 5.41) is 4.88. The summed E-state index contributed by atoms with van der Waals surface area (Å²) in [5.41, 5.74) is 0.234. The number of benzene rings is 2. The predicted octanol–water partition coefficient (Wildman–Crippen LogP) is 4.57. The van der Waals surface area contributed by atoms with Crippen LogP contribution in [-0.2, 0) is 9.59 Å². The molecule has 0 fully saturated rings. The van der Waals surface area contributed by atoms with E-state index in [9.17, 15) is 22.8 Å². The Labute approximate surface area is 160 Å². The van der Waals surface area contributed by atoms with Crippen molar-refractivity contribution in [1.82, 2.24) is 0 Å². The van der Waals surface area contributed by atoms with E-state index in [0.717, 1.165) is 4.47 Å². The predicted molar refractivity (Wildman–Crippen MR) is 99.7 cm³/mol. The molecule has 2 rings (SSSR count). The lowest BCUT2D eigenvalue weighted by molar-refractivity contribution is -0.116. The lowest BCUT2D eigenvalue weighted by atomic mass is 10.2. The summed E-state index contributed by atoms with van der Waals surface area (Å²) in [5.74, 6) is -3.96. The standard InChI is InChI=1S/C17H14BrF3N2O2S/c18-10-1-3-11(4-2-10)22-17(25)9-26-6-5-16(24)23-15-8-13(20)12(19)7-14(15)21/h1-4,7-8H,5-6,9H2,(H,22,25)(H,23,24). The zero-order valence-electron chi connectivity index (χ0n) is 13.3. The van der Waals surface area contributed by atoms with Crippen molar-refractivity contribution < 1.29 is 22.8 Å². The van der Waals surface area contributed by atoms with Crippen molar-refractivity contribution in [1.29, 1.82) is 0 Å². The van der Waals surface area contributed by atoms with Crippen LogP contribution in [0.1, 0.15) is 6.42 Å². The first-order chi connectivity index (χ1) is 12.3. The molecule has 0 aromatic heterocycles. The molecule has 2 aromatic rings. The molecule has 9 heteroatoms. The SMILES string of the molecule is O=C(CSCCC(=O)Nc1cc(F)c(F)cc1F)Nc1ccc(Br)cc1. The maximum absolute atomic E-state index is 13.4. The number of carbonyl (C=O) groups excluding carboxylic acids is 2. The molecule has 0 atom stereocenters. The van der Waals surface area contributed by atoms with Gasteiger partial charge >= 0.3 is 0 Å². The zero-order chi connectivity index (χ0) is 19.1. The van der Waals surface area contributed by atoms with E-state index in [1.165, 1.54) is 11.8 Å². The summed E-state index contributed by atoms with van der Waals surface area (Å²) in [4.78, 5) is 23.5. The van der Waals surface area contributed by atoms with E-state index >= 15 is 0 Å². The van der Waals surface area contributed by atoms with Crippen molar-refractivity contribution in [2.75, 3.05) is 22.1 Å². The van der Waals surface area contributed by atoms with Crippen molar-refractivity contribution in [2.45, 2.75) is 6.42 Å². The summed E-state index contributed by atoms with van der Waals surface area (Å²) >= 11 is 4.52. The molecule has 0 unspecified atom stereocenters. The van der Waals surface area contributed by atoms with Gasteiger partial charge in [0, 0.05) is 34.5 Å². The molecule has 2 aromatic carbocycles. The third kappa shape index (κ3) is 6.38. The Morgan fingerprint density at radius 2 is 1.58 bits per heavy atom. The average molecular weight is 447 g/mol. The van der Waals surface area contributed by atoms with Gasteiger partial charge in [0.05, 0.1) is 11.4 Å². The highest BCUT2D eigenvalue weighted by Crippen LogP contribution is 2.19. The fraction of sp³-hybridized carbons (Fsp3) is 0.176. The van der Waals surface area contributed by atoms with Crippen LogP contribution >= 0.6 is 27.7 Å². The van der Waals surface area contributed by atoms with Gasteiger partial charge in [-0.15, -0.1) is 0 Å². The van der Waals surface area contributed by atoms with Gasteiger partial charge in [0.1, 0.15) is 5.82 Å². The number of hydrogen-bond acceptors (Lipinski definition) is 3. The maximum atomic E-state index is 13.4. The number of thioether (sulfide) groups is 1. The van der Waals surface area contributed by atoms with Crippen LogP contribution in [0, 0.1) is 17.5 Å². The van der Waals surface area contributed by atoms with Crippen LogP contribution < -0.4 is 10.6 Å². The molecule has 0 spiro atoms. The third-order valence-electron chi connectivity index (χ3n) is 3.12. The second-order valence-electron chi connectivity index (χ2n) is 5.15. The highest BCUT2D eigenvalue weighted by Gasteiger charge is 2.12. The van der Waals surface area contributed by atoms with E-state index in [4.69, 9.17) is 0 Å². The number of hydrogen-bond donors (Lipinski definition) is 2. The van der Waals surface area contributed by atoms with Crippen LogP contribution in [0.15, 0.2) is 40.9 Å². The normalized spacial score (nSPS) is 10.5. The molecule has 0 radical (unpaired) electrons. The van der Waals surface area contributed by atoms with Gasteiger partial charge in [-0.25, -0.2) is 13.2 Å². The minimum absolute atomic E-state index is 0.00529. The van der Waals surface area contributed by atoms with Gasteiger partial charge in [-0.3, -0.25) is 9.59 Å². The van der Waals surface area contributed by atoms with Gasteiger partial charge < -0.3 is 10.6 Å². The summed E-state index contributed by atoms with van der Waals surface area (Å²) in [6.07, 6.45) is -0.00529. The van der Waals surface area contributed by atoms with E-state index in [1.807, 2.05) is 0 Å². The Bertz CT molecular complexity index is 803. The molecule has 26 heavy (non-hydrogen) atoms. The zero-order valence-corrected chi connectivity index (χ0v) is 15.7. The number of nitrogens with one attached hydrogen (secondary N) is 2. The molecule has 138 valence electrons. The Morgan fingerprint density at radius 1 is 0.923 bits per heavy atom. The molecule has 0 saturated heterocycles. The molecular weight excluding hydrogens is 433 g/mol.